The number of hydrogen-bond acceptors (Lipinski definition) is 9. The van der Waals surface area contributed by atoms with Crippen molar-refractivity contribution >= 4 is 41.0 Å². The van der Waals surface area contributed by atoms with Crippen LogP contribution in [-0.2, 0) is 29.1 Å². The van der Waals surface area contributed by atoms with Crippen LogP contribution in [0.25, 0.3) is 0 Å². The Morgan fingerprint density at radius 2 is 1.86 bits per heavy atom. The summed E-state index contributed by atoms with van der Waals surface area (Å²) in [5, 5.41) is 25.8. The Balaban J connectivity index is 1.63. The molecule has 0 aliphatic heterocycles. The van der Waals surface area contributed by atoms with Crippen LogP contribution < -0.4 is 11.1 Å². The molecule has 0 bridgehead atoms. The van der Waals surface area contributed by atoms with Crippen LogP contribution in [0.4, 0.5) is 8.78 Å². The number of aryl methyl sites for hydroxylation is 1. The Morgan fingerprint density at radius 3 is 2.51 bits per heavy atom. The van der Waals surface area contributed by atoms with Gasteiger partial charge in [0.2, 0.25) is 0 Å². The highest BCUT2D eigenvalue weighted by Crippen LogP contribution is 2.27. The summed E-state index contributed by atoms with van der Waals surface area (Å²) in [7, 11) is 0. The minimum atomic E-state index is -2.07. The van der Waals surface area contributed by atoms with Gasteiger partial charge in [0.1, 0.15) is 17.3 Å². The maximum absolute atomic E-state index is 15.6. The highest BCUT2D eigenvalue weighted by molar-refractivity contribution is 6.34. The monoisotopic (exact) mass is 639 g/mol. The summed E-state index contributed by atoms with van der Waals surface area (Å²) in [6.45, 7) is 0.0913. The number of nitrogens with one attached hydrogen (secondary N) is 1. The van der Waals surface area contributed by atoms with Crippen molar-refractivity contribution in [2.24, 2.45) is 0 Å². The quantitative estimate of drug-likeness (QED) is 0.206. The first kappa shape index (κ1) is 31.4. The number of carboxylic acids is 1. The molecule has 2 aromatic heterocycles. The summed E-state index contributed by atoms with van der Waals surface area (Å²) in [6, 6.07) is 6.58. The fourth-order valence-corrected chi connectivity index (χ4v) is 4.53. The molecule has 2 atom stereocenters. The maximum atomic E-state index is 15.6. The molecule has 1 amide bonds. The number of rotatable bonds is 11. The second kappa shape index (κ2) is 13.2. The Morgan fingerprint density at radius 1 is 1.14 bits per heavy atom. The Hall–Kier alpha value is -4.53. The number of esters is 1. The Labute approximate surface area is 250 Å². The molecule has 0 fully saturated rings. The van der Waals surface area contributed by atoms with Crippen molar-refractivity contribution in [2.75, 3.05) is 0 Å². The van der Waals surface area contributed by atoms with Crippen molar-refractivity contribution in [1.82, 2.24) is 15.1 Å². The van der Waals surface area contributed by atoms with Gasteiger partial charge in [-0.25, -0.2) is 23.2 Å². The van der Waals surface area contributed by atoms with E-state index in [9.17, 15) is 33.8 Å². The highest BCUT2D eigenvalue weighted by atomic mass is 35.5. The van der Waals surface area contributed by atoms with Crippen molar-refractivity contribution in [3.8, 4) is 0 Å². The van der Waals surface area contributed by atoms with Gasteiger partial charge in [-0.3, -0.25) is 9.48 Å². The number of hydrogen-bond donors (Lipinski definition) is 3. The summed E-state index contributed by atoms with van der Waals surface area (Å²) >= 11 is 12.3. The van der Waals surface area contributed by atoms with Gasteiger partial charge in [0, 0.05) is 16.8 Å². The lowest BCUT2D eigenvalue weighted by Gasteiger charge is -2.24. The van der Waals surface area contributed by atoms with E-state index in [0.717, 1.165) is 16.9 Å². The van der Waals surface area contributed by atoms with Crippen LogP contribution in [-0.4, -0.2) is 50.0 Å². The van der Waals surface area contributed by atoms with Crippen molar-refractivity contribution in [3.05, 3.63) is 109 Å². The Bertz CT molecular complexity index is 1750. The molecule has 0 saturated heterocycles. The second-order valence-electron chi connectivity index (χ2n) is 9.05. The molecule has 12 nitrogen and oxygen atoms in total. The number of halogens is 4. The van der Waals surface area contributed by atoms with Gasteiger partial charge in [-0.05, 0) is 37.1 Å². The molecule has 43 heavy (non-hydrogen) atoms. The van der Waals surface area contributed by atoms with E-state index in [-0.39, 0.29) is 28.7 Å². The van der Waals surface area contributed by atoms with Crippen LogP contribution in [0.5, 0.6) is 0 Å². The molecule has 16 heteroatoms. The molecule has 4 aromatic rings. The zero-order valence-electron chi connectivity index (χ0n) is 22.0. The van der Waals surface area contributed by atoms with E-state index in [4.69, 9.17) is 32.4 Å². The topological polar surface area (TPSA) is 174 Å². The summed E-state index contributed by atoms with van der Waals surface area (Å²) in [4.78, 5) is 48.7. The summed E-state index contributed by atoms with van der Waals surface area (Å²) in [5.41, 5.74) is -1.56. The first-order valence-corrected chi connectivity index (χ1v) is 13.0. The van der Waals surface area contributed by atoms with E-state index in [2.05, 4.69) is 14.8 Å². The lowest BCUT2D eigenvalue weighted by Crippen LogP contribution is -2.49. The minimum absolute atomic E-state index is 0.0380. The van der Waals surface area contributed by atoms with Gasteiger partial charge in [-0.15, -0.1) is 0 Å². The molecule has 0 spiro atoms. The number of aliphatic hydroxyl groups excluding tert-OH is 1. The average molecular weight is 640 g/mol. The van der Waals surface area contributed by atoms with Crippen LogP contribution >= 0.6 is 23.2 Å². The molecule has 2 heterocycles. The molecule has 3 N–H and O–H groups in total. The van der Waals surface area contributed by atoms with E-state index < -0.39 is 76.7 Å². The first-order valence-electron chi connectivity index (χ1n) is 12.3. The van der Waals surface area contributed by atoms with E-state index in [1.165, 1.54) is 13.0 Å². The third-order valence-corrected chi connectivity index (χ3v) is 6.92. The molecule has 4 rings (SSSR count). The molecule has 0 saturated carbocycles. The number of carbonyl (C=O) groups excluding carboxylic acids is 2. The minimum Gasteiger partial charge on any atom is -0.477 e. The van der Waals surface area contributed by atoms with E-state index in [0.29, 0.717) is 11.6 Å². The van der Waals surface area contributed by atoms with Crippen LogP contribution in [0, 0.1) is 18.6 Å². The standard InChI is InChI=1S/C27H21Cl2F2N3O9/c1-12-20(43-27(40)42-12)11-41-26(39)23(35)18(8-13-4-2-3-5-15(13)28)33-24(36)21-16(29)9-17(30)14(22(21)31)10-34-19(25(37)38)6-7-32-34/h2-7,9,18,23,35H,8,10-11H2,1H3,(H,33,36)(H,37,38)/t18-,23-/m1/s1. The summed E-state index contributed by atoms with van der Waals surface area (Å²) in [5.74, 6) is -7.62. The summed E-state index contributed by atoms with van der Waals surface area (Å²) in [6.07, 6.45) is -1.21. The van der Waals surface area contributed by atoms with Crippen LogP contribution in [0.2, 0.25) is 10.0 Å². The molecule has 0 radical (unpaired) electrons. The Kier molecular flexibility index (Phi) is 9.63. The number of amides is 1. The van der Waals surface area contributed by atoms with Gasteiger partial charge in [-0.2, -0.15) is 5.10 Å². The maximum Gasteiger partial charge on any atom is 0.519 e. The molecule has 0 aliphatic rings. The van der Waals surface area contributed by atoms with Gasteiger partial charge < -0.3 is 29.1 Å². The van der Waals surface area contributed by atoms with Gasteiger partial charge in [0.05, 0.1) is 23.2 Å². The molecule has 0 unspecified atom stereocenters. The van der Waals surface area contributed by atoms with Gasteiger partial charge in [-0.1, -0.05) is 41.4 Å². The van der Waals surface area contributed by atoms with Crippen molar-refractivity contribution in [2.45, 2.75) is 38.6 Å². The van der Waals surface area contributed by atoms with Gasteiger partial charge >= 0.3 is 17.8 Å². The number of carboxylic acid groups (broad SMARTS) is 1. The predicted octanol–water partition coefficient (Wildman–Crippen LogP) is 3.51. The number of aromatic carboxylic acids is 1. The summed E-state index contributed by atoms with van der Waals surface area (Å²) < 4.78 is 45.7. The fraction of sp³-hybridized carbons (Fsp3) is 0.222. The largest absolute Gasteiger partial charge is 0.519 e. The normalized spacial score (nSPS) is 12.5. The van der Waals surface area contributed by atoms with E-state index in [1.807, 2.05) is 0 Å². The lowest BCUT2D eigenvalue weighted by molar-refractivity contribution is -0.156. The molecular weight excluding hydrogens is 619 g/mol. The number of ether oxygens (including phenoxy) is 1. The SMILES string of the molecule is Cc1oc(=O)oc1COC(=O)[C@H](O)[C@@H](Cc1ccccc1Cl)NC(=O)c1c(Cl)cc(F)c(Cn2nccc2C(=O)O)c1F. The second-order valence-corrected chi connectivity index (χ2v) is 9.86. The number of benzene rings is 2. The zero-order chi connectivity index (χ0) is 31.4. The molecule has 2 aromatic carbocycles. The van der Waals surface area contributed by atoms with Gasteiger partial charge in [0.25, 0.3) is 5.91 Å². The smallest absolute Gasteiger partial charge is 0.477 e. The molecule has 0 aliphatic carbocycles. The van der Waals surface area contributed by atoms with E-state index >= 15 is 4.39 Å². The van der Waals surface area contributed by atoms with Crippen molar-refractivity contribution in [3.63, 3.8) is 0 Å². The predicted molar refractivity (Wildman–Crippen MR) is 144 cm³/mol. The number of aromatic nitrogens is 2. The van der Waals surface area contributed by atoms with Crippen molar-refractivity contribution < 1.29 is 46.9 Å². The lowest BCUT2D eigenvalue weighted by atomic mass is 10.00. The molecular formula is C27H21Cl2F2N3O9. The van der Waals surface area contributed by atoms with Crippen LogP contribution in [0.15, 0.2) is 56.2 Å². The van der Waals surface area contributed by atoms with Crippen LogP contribution in [0.3, 0.4) is 0 Å². The van der Waals surface area contributed by atoms with Crippen molar-refractivity contribution in [1.29, 1.82) is 0 Å². The highest BCUT2D eigenvalue weighted by Gasteiger charge is 2.33. The average Bonchev–Trinajstić information content (AvgIpc) is 3.54. The number of aliphatic hydroxyl groups is 1. The first-order chi connectivity index (χ1) is 20.4. The fourth-order valence-electron chi connectivity index (χ4n) is 4.05. The zero-order valence-corrected chi connectivity index (χ0v) is 23.5. The van der Waals surface area contributed by atoms with Crippen LogP contribution in [0.1, 0.15) is 43.5 Å². The van der Waals surface area contributed by atoms with Gasteiger partial charge in [0.15, 0.2) is 24.2 Å². The third kappa shape index (κ3) is 7.10. The number of carbonyl (C=O) groups is 3. The number of nitrogens with zero attached hydrogens (tertiary/aromatic N) is 2. The third-order valence-electron chi connectivity index (χ3n) is 6.25. The molecule has 226 valence electrons. The van der Waals surface area contributed by atoms with E-state index in [1.54, 1.807) is 18.2 Å².